The van der Waals surface area contributed by atoms with Crippen LogP contribution in [-0.4, -0.2) is 33.8 Å². The Bertz CT molecular complexity index is 769. The number of fused-ring (bicyclic) bond motifs is 4. The average molecular weight is 328 g/mol. The molecule has 1 aliphatic rings. The standard InChI is InChI=1S/C17H20N4O3/c1-11-5-3-4-6-12-9-13(7-8-18-12)21-15(19-16(11)22)10-14(20-21)17(23)24-2/h7-11H,3-6H2,1-2H3,(H,19,22). The predicted octanol–water partition coefficient (Wildman–Crippen LogP) is 2.35. The Morgan fingerprint density at radius 2 is 2.21 bits per heavy atom. The lowest BCUT2D eigenvalue weighted by molar-refractivity contribution is -0.119. The number of aromatic nitrogens is 3. The summed E-state index contributed by atoms with van der Waals surface area (Å²) in [5.74, 6) is -0.288. The van der Waals surface area contributed by atoms with Gasteiger partial charge in [0.2, 0.25) is 5.91 Å². The summed E-state index contributed by atoms with van der Waals surface area (Å²) in [6.45, 7) is 1.90. The molecule has 1 unspecified atom stereocenters. The fourth-order valence-electron chi connectivity index (χ4n) is 2.74. The van der Waals surface area contributed by atoms with Crippen molar-refractivity contribution in [3.05, 3.63) is 35.8 Å². The van der Waals surface area contributed by atoms with Crippen LogP contribution in [-0.2, 0) is 16.0 Å². The number of aryl methyl sites for hydroxylation is 1. The van der Waals surface area contributed by atoms with Crippen LogP contribution in [0.2, 0.25) is 0 Å². The van der Waals surface area contributed by atoms with E-state index in [1.165, 1.54) is 13.2 Å². The molecule has 24 heavy (non-hydrogen) atoms. The minimum atomic E-state index is -0.545. The molecule has 1 atom stereocenters. The molecule has 7 nitrogen and oxygen atoms in total. The molecule has 0 saturated heterocycles. The third-order valence-corrected chi connectivity index (χ3v) is 4.17. The maximum atomic E-state index is 12.4. The molecular formula is C17H20N4O3. The molecule has 7 heteroatoms. The van der Waals surface area contributed by atoms with Crippen LogP contribution >= 0.6 is 0 Å². The second-order valence-corrected chi connectivity index (χ2v) is 5.96. The first-order valence-corrected chi connectivity index (χ1v) is 8.03. The van der Waals surface area contributed by atoms with Gasteiger partial charge in [0.25, 0.3) is 0 Å². The van der Waals surface area contributed by atoms with Crippen LogP contribution in [0, 0.1) is 5.92 Å². The van der Waals surface area contributed by atoms with Gasteiger partial charge in [-0.15, -0.1) is 0 Å². The van der Waals surface area contributed by atoms with E-state index in [-0.39, 0.29) is 17.5 Å². The summed E-state index contributed by atoms with van der Waals surface area (Å²) in [7, 11) is 1.30. The maximum Gasteiger partial charge on any atom is 0.358 e. The van der Waals surface area contributed by atoms with E-state index in [0.29, 0.717) is 5.82 Å². The number of esters is 1. The maximum absolute atomic E-state index is 12.4. The highest BCUT2D eigenvalue weighted by Crippen LogP contribution is 2.22. The summed E-state index contributed by atoms with van der Waals surface area (Å²) in [6, 6.07) is 5.25. The van der Waals surface area contributed by atoms with Gasteiger partial charge in [0, 0.05) is 23.9 Å². The molecule has 0 aliphatic carbocycles. The highest BCUT2D eigenvalue weighted by atomic mass is 16.5. The summed E-state index contributed by atoms with van der Waals surface area (Å²) < 4.78 is 6.27. The van der Waals surface area contributed by atoms with Crippen molar-refractivity contribution in [2.24, 2.45) is 5.92 Å². The predicted molar refractivity (Wildman–Crippen MR) is 88.0 cm³/mol. The second kappa shape index (κ2) is 6.82. The third-order valence-electron chi connectivity index (χ3n) is 4.17. The van der Waals surface area contributed by atoms with E-state index < -0.39 is 5.97 Å². The van der Waals surface area contributed by atoms with Gasteiger partial charge in [-0.25, -0.2) is 9.48 Å². The first-order chi connectivity index (χ1) is 11.6. The third kappa shape index (κ3) is 3.29. The van der Waals surface area contributed by atoms with E-state index in [9.17, 15) is 9.59 Å². The quantitative estimate of drug-likeness (QED) is 0.812. The van der Waals surface area contributed by atoms with Gasteiger partial charge in [-0.2, -0.15) is 5.10 Å². The second-order valence-electron chi connectivity index (χ2n) is 5.96. The Morgan fingerprint density at radius 1 is 1.38 bits per heavy atom. The van der Waals surface area contributed by atoms with Crippen molar-refractivity contribution in [2.75, 3.05) is 12.4 Å². The number of methoxy groups -OCH3 is 1. The average Bonchev–Trinajstić information content (AvgIpc) is 3.01. The molecule has 1 aliphatic heterocycles. The highest BCUT2D eigenvalue weighted by molar-refractivity contribution is 5.94. The van der Waals surface area contributed by atoms with E-state index >= 15 is 0 Å². The van der Waals surface area contributed by atoms with Gasteiger partial charge in [-0.3, -0.25) is 9.78 Å². The Hall–Kier alpha value is -2.70. The number of carbonyl (C=O) groups is 2. The molecular weight excluding hydrogens is 308 g/mol. The summed E-state index contributed by atoms with van der Waals surface area (Å²) in [6.07, 6.45) is 5.32. The fraction of sp³-hybridized carbons (Fsp3) is 0.412. The van der Waals surface area contributed by atoms with Crippen molar-refractivity contribution in [2.45, 2.75) is 32.6 Å². The first kappa shape index (κ1) is 16.2. The monoisotopic (exact) mass is 328 g/mol. The van der Waals surface area contributed by atoms with Gasteiger partial charge in [-0.1, -0.05) is 13.3 Å². The zero-order chi connectivity index (χ0) is 17.1. The highest BCUT2D eigenvalue weighted by Gasteiger charge is 2.20. The Kier molecular flexibility index (Phi) is 4.59. The molecule has 3 heterocycles. The van der Waals surface area contributed by atoms with E-state index in [2.05, 4.69) is 15.4 Å². The lowest BCUT2D eigenvalue weighted by Gasteiger charge is -2.15. The normalized spacial score (nSPS) is 17.9. The van der Waals surface area contributed by atoms with Crippen LogP contribution < -0.4 is 5.32 Å². The topological polar surface area (TPSA) is 86.1 Å². The Morgan fingerprint density at radius 3 is 3.00 bits per heavy atom. The van der Waals surface area contributed by atoms with E-state index in [0.717, 1.165) is 37.1 Å². The van der Waals surface area contributed by atoms with E-state index in [1.54, 1.807) is 16.9 Å². The van der Waals surface area contributed by atoms with Crippen molar-refractivity contribution in [1.29, 1.82) is 0 Å². The number of carbonyl (C=O) groups excluding carboxylic acids is 2. The summed E-state index contributed by atoms with van der Waals surface area (Å²) in [5, 5.41) is 7.15. The SMILES string of the molecule is COC(=O)c1cc2n(n1)-c1ccnc(c1)CCCCC(C)C(=O)N2. The Labute approximate surface area is 140 Å². The zero-order valence-electron chi connectivity index (χ0n) is 13.8. The molecule has 1 amide bonds. The number of amides is 1. The summed E-state index contributed by atoms with van der Waals surface area (Å²) >= 11 is 0. The number of ether oxygens (including phenoxy) is 1. The van der Waals surface area contributed by atoms with Gasteiger partial charge in [-0.05, 0) is 31.4 Å². The molecule has 126 valence electrons. The molecule has 1 N–H and O–H groups in total. The zero-order valence-corrected chi connectivity index (χ0v) is 13.8. The number of nitrogens with one attached hydrogen (secondary N) is 1. The molecule has 0 saturated carbocycles. The van der Waals surface area contributed by atoms with Crippen LogP contribution in [0.4, 0.5) is 5.82 Å². The van der Waals surface area contributed by atoms with Crippen molar-refractivity contribution in [1.82, 2.24) is 14.8 Å². The molecule has 2 aromatic rings. The van der Waals surface area contributed by atoms with E-state index in [4.69, 9.17) is 4.74 Å². The van der Waals surface area contributed by atoms with Crippen LogP contribution in [0.1, 0.15) is 42.4 Å². The van der Waals surface area contributed by atoms with Crippen LogP contribution in [0.15, 0.2) is 24.4 Å². The summed E-state index contributed by atoms with van der Waals surface area (Å²) in [4.78, 5) is 28.6. The number of rotatable bonds is 1. The molecule has 0 fully saturated rings. The van der Waals surface area contributed by atoms with Crippen LogP contribution in [0.5, 0.6) is 0 Å². The Balaban J connectivity index is 2.08. The number of nitrogens with zero attached hydrogens (tertiary/aromatic N) is 3. The van der Waals surface area contributed by atoms with Crippen molar-refractivity contribution < 1.29 is 14.3 Å². The minimum Gasteiger partial charge on any atom is -0.464 e. The molecule has 0 radical (unpaired) electrons. The number of anilines is 1. The smallest absolute Gasteiger partial charge is 0.358 e. The molecule has 3 rings (SSSR count). The molecule has 0 spiro atoms. The number of hydrogen-bond donors (Lipinski definition) is 1. The van der Waals surface area contributed by atoms with Gasteiger partial charge in [0.15, 0.2) is 5.69 Å². The fourth-order valence-corrected chi connectivity index (χ4v) is 2.74. The van der Waals surface area contributed by atoms with Gasteiger partial charge in [0.05, 0.1) is 12.8 Å². The van der Waals surface area contributed by atoms with Crippen molar-refractivity contribution in [3.8, 4) is 5.69 Å². The first-order valence-electron chi connectivity index (χ1n) is 8.03. The van der Waals surface area contributed by atoms with Gasteiger partial charge < -0.3 is 10.1 Å². The molecule has 0 aromatic carbocycles. The van der Waals surface area contributed by atoms with Crippen molar-refractivity contribution >= 4 is 17.7 Å². The van der Waals surface area contributed by atoms with E-state index in [1.807, 2.05) is 13.0 Å². The summed E-state index contributed by atoms with van der Waals surface area (Å²) in [5.41, 5.74) is 1.86. The molecule has 2 bridgehead atoms. The largest absolute Gasteiger partial charge is 0.464 e. The molecule has 2 aromatic heterocycles. The van der Waals surface area contributed by atoms with Crippen LogP contribution in [0.3, 0.4) is 0 Å². The van der Waals surface area contributed by atoms with Gasteiger partial charge in [0.1, 0.15) is 5.82 Å². The van der Waals surface area contributed by atoms with Crippen LogP contribution in [0.25, 0.3) is 5.69 Å². The van der Waals surface area contributed by atoms with Crippen molar-refractivity contribution in [3.63, 3.8) is 0 Å². The van der Waals surface area contributed by atoms with Gasteiger partial charge >= 0.3 is 5.97 Å². The number of hydrogen-bond acceptors (Lipinski definition) is 5. The number of pyridine rings is 1. The lowest BCUT2D eigenvalue weighted by Crippen LogP contribution is -2.22. The lowest BCUT2D eigenvalue weighted by atomic mass is 10.0. The minimum absolute atomic E-state index is 0.0811.